The molecule has 0 radical (unpaired) electrons. The number of aromatic nitrogens is 4. The highest BCUT2D eigenvalue weighted by atomic mass is 31.3. The van der Waals surface area contributed by atoms with Gasteiger partial charge in [0.2, 0.25) is 0 Å². The zero-order valence-electron chi connectivity index (χ0n) is 14.6. The largest absolute Gasteiger partial charge is 0.490 e. The Morgan fingerprint density at radius 1 is 1.13 bits per heavy atom. The quantitative estimate of drug-likeness (QED) is 0.252. The summed E-state index contributed by atoms with van der Waals surface area (Å²) in [5.74, 6) is 0.126. The first-order valence-electron chi connectivity index (χ1n) is 7.81. The molecule has 1 fully saturated rings. The summed E-state index contributed by atoms with van der Waals surface area (Å²) >= 11 is 0. The van der Waals surface area contributed by atoms with E-state index in [4.69, 9.17) is 25.2 Å². The van der Waals surface area contributed by atoms with E-state index in [1.54, 1.807) is 0 Å². The van der Waals surface area contributed by atoms with E-state index in [2.05, 4.69) is 28.1 Å². The second kappa shape index (κ2) is 8.31. The number of phosphoric acid groups is 3. The highest BCUT2D eigenvalue weighted by Gasteiger charge is 2.43. The van der Waals surface area contributed by atoms with Gasteiger partial charge in [0.25, 0.3) is 0 Å². The van der Waals surface area contributed by atoms with Crippen LogP contribution < -0.4 is 5.73 Å². The number of phosphoric ester groups is 1. The van der Waals surface area contributed by atoms with E-state index in [9.17, 15) is 23.7 Å². The van der Waals surface area contributed by atoms with E-state index in [1.807, 2.05) is 0 Å². The van der Waals surface area contributed by atoms with Gasteiger partial charge in [-0.15, -0.1) is 0 Å². The number of imidazole rings is 1. The number of aliphatic hydroxyl groups excluding tert-OH is 1. The predicted molar refractivity (Wildman–Crippen MR) is 94.1 cm³/mol. The van der Waals surface area contributed by atoms with E-state index < -0.39 is 48.5 Å². The van der Waals surface area contributed by atoms with Gasteiger partial charge in [0, 0.05) is 6.42 Å². The van der Waals surface area contributed by atoms with Gasteiger partial charge in [-0.25, -0.2) is 28.6 Å². The summed E-state index contributed by atoms with van der Waals surface area (Å²) in [7, 11) is -16.5. The molecule has 0 aliphatic carbocycles. The van der Waals surface area contributed by atoms with Gasteiger partial charge >= 0.3 is 23.5 Å². The third-order valence-electron chi connectivity index (χ3n) is 3.72. The Bertz CT molecular complexity index is 1070. The Balaban J connectivity index is 1.64. The molecule has 1 aliphatic heterocycles. The molecule has 168 valence electrons. The monoisotopic (exact) mass is 491 g/mol. The van der Waals surface area contributed by atoms with Crippen LogP contribution in [0.25, 0.3) is 11.2 Å². The maximum atomic E-state index is 11.8. The van der Waals surface area contributed by atoms with Crippen LogP contribution in [0.2, 0.25) is 0 Å². The zero-order chi connectivity index (χ0) is 22.3. The van der Waals surface area contributed by atoms with Gasteiger partial charge in [-0.1, -0.05) is 0 Å². The van der Waals surface area contributed by atoms with Gasteiger partial charge in [-0.2, -0.15) is 8.62 Å². The Kier molecular flexibility index (Phi) is 6.47. The fourth-order valence-electron chi connectivity index (χ4n) is 2.59. The highest BCUT2D eigenvalue weighted by molar-refractivity contribution is 7.66. The number of anilines is 1. The fraction of sp³-hybridized carbons (Fsp3) is 0.500. The standard InChI is InChI=1S/C10H16N5O12P3/c11-9-8-10(13-3-12-9)15(4-14-8)7-1-5(16)6(25-7)2-24-29(20,21)27-30(22,23)26-28(17,18)19/h3-7,16H,1-2H2,(H,20,21)(H,22,23)(H2,11,12,13)(H2,17,18,19)/t5-,6+,7-/m0/s1. The third kappa shape index (κ3) is 5.68. The molecule has 5 atom stereocenters. The maximum absolute atomic E-state index is 11.8. The average Bonchev–Trinajstić information content (AvgIpc) is 3.14. The Labute approximate surface area is 166 Å². The molecular weight excluding hydrogens is 475 g/mol. The van der Waals surface area contributed by atoms with E-state index in [-0.39, 0.29) is 12.2 Å². The second-order valence-electron chi connectivity index (χ2n) is 5.90. The molecule has 0 amide bonds. The van der Waals surface area contributed by atoms with Crippen LogP contribution in [0.3, 0.4) is 0 Å². The molecule has 1 aliphatic rings. The molecule has 0 bridgehead atoms. The van der Waals surface area contributed by atoms with Crippen molar-refractivity contribution in [3.8, 4) is 0 Å². The number of ether oxygens (including phenoxy) is 1. The van der Waals surface area contributed by atoms with Crippen molar-refractivity contribution in [2.75, 3.05) is 12.3 Å². The van der Waals surface area contributed by atoms with Crippen molar-refractivity contribution >= 4 is 40.4 Å². The van der Waals surface area contributed by atoms with Crippen molar-refractivity contribution in [3.63, 3.8) is 0 Å². The molecule has 17 nitrogen and oxygen atoms in total. The van der Waals surface area contributed by atoms with E-state index in [0.29, 0.717) is 11.2 Å². The maximum Gasteiger partial charge on any atom is 0.490 e. The summed E-state index contributed by atoms with van der Waals surface area (Å²) in [5.41, 5.74) is 6.31. The summed E-state index contributed by atoms with van der Waals surface area (Å²) in [6.45, 7) is -0.787. The van der Waals surface area contributed by atoms with Crippen LogP contribution >= 0.6 is 23.5 Å². The smallest absolute Gasteiger partial charge is 0.390 e. The van der Waals surface area contributed by atoms with Crippen LogP contribution in [0.5, 0.6) is 0 Å². The van der Waals surface area contributed by atoms with Gasteiger partial charge in [0.05, 0.1) is 19.0 Å². The number of nitrogens with two attached hydrogens (primary N) is 1. The number of rotatable bonds is 8. The van der Waals surface area contributed by atoms with E-state index in [1.165, 1.54) is 17.2 Å². The van der Waals surface area contributed by atoms with Crippen LogP contribution in [0.1, 0.15) is 12.6 Å². The van der Waals surface area contributed by atoms with Crippen molar-refractivity contribution in [1.82, 2.24) is 19.5 Å². The topological polar surface area (TPSA) is 259 Å². The molecule has 20 heteroatoms. The van der Waals surface area contributed by atoms with Crippen molar-refractivity contribution in [2.24, 2.45) is 0 Å². The minimum Gasteiger partial charge on any atom is -0.390 e. The summed E-state index contributed by atoms with van der Waals surface area (Å²) in [5, 5.41) is 10.1. The molecule has 3 heterocycles. The molecule has 2 unspecified atom stereocenters. The van der Waals surface area contributed by atoms with Gasteiger partial charge in [0.15, 0.2) is 11.5 Å². The first-order chi connectivity index (χ1) is 13.8. The minimum atomic E-state index is -5.64. The first kappa shape index (κ1) is 23.3. The van der Waals surface area contributed by atoms with Gasteiger partial charge in [0.1, 0.15) is 24.2 Å². The number of nitrogens with zero attached hydrogens (tertiary/aromatic N) is 4. The predicted octanol–water partition coefficient (Wildman–Crippen LogP) is -0.600. The van der Waals surface area contributed by atoms with Crippen LogP contribution in [0, 0.1) is 0 Å². The van der Waals surface area contributed by atoms with Crippen molar-refractivity contribution in [1.29, 1.82) is 0 Å². The number of fused-ring (bicyclic) bond motifs is 1. The molecule has 0 spiro atoms. The summed E-state index contributed by atoms with van der Waals surface area (Å²) < 4.78 is 52.3. The van der Waals surface area contributed by atoms with Crippen molar-refractivity contribution in [2.45, 2.75) is 24.9 Å². The van der Waals surface area contributed by atoms with Gasteiger partial charge in [-0.3, -0.25) is 9.09 Å². The van der Waals surface area contributed by atoms with Crippen molar-refractivity contribution < 1.29 is 56.3 Å². The molecule has 1 saturated heterocycles. The Morgan fingerprint density at radius 2 is 1.83 bits per heavy atom. The number of hydrogen-bond acceptors (Lipinski definition) is 12. The first-order valence-corrected chi connectivity index (χ1v) is 12.3. The van der Waals surface area contributed by atoms with Crippen LogP contribution in [0.4, 0.5) is 5.82 Å². The normalized spacial score (nSPS) is 26.5. The molecule has 30 heavy (non-hydrogen) atoms. The molecule has 3 rings (SSSR count). The molecule has 0 aromatic carbocycles. The SMILES string of the molecule is Nc1ncnc2c1ncn2[C@@H]1C[C@H](O)[C@@H](COP(=O)(O)OP(=O)(O)OP(=O)(O)O)O1. The minimum absolute atomic E-state index is 0.000206. The van der Waals surface area contributed by atoms with Crippen LogP contribution in [0.15, 0.2) is 12.7 Å². The molecular formula is C10H16N5O12P3. The van der Waals surface area contributed by atoms with Crippen molar-refractivity contribution in [3.05, 3.63) is 12.7 Å². The highest BCUT2D eigenvalue weighted by Crippen LogP contribution is 2.66. The lowest BCUT2D eigenvalue weighted by Gasteiger charge is -2.19. The van der Waals surface area contributed by atoms with Gasteiger partial charge in [-0.05, 0) is 0 Å². The number of nitrogen functional groups attached to an aromatic ring is 1. The average molecular weight is 491 g/mol. The fourth-order valence-corrected chi connectivity index (χ4v) is 5.62. The Hall–Kier alpha value is -1.32. The summed E-state index contributed by atoms with van der Waals surface area (Å²) in [6, 6.07) is 0. The third-order valence-corrected chi connectivity index (χ3v) is 7.52. The molecule has 0 saturated carbocycles. The van der Waals surface area contributed by atoms with Crippen LogP contribution in [-0.2, 0) is 31.6 Å². The lowest BCUT2D eigenvalue weighted by atomic mass is 10.2. The summed E-state index contributed by atoms with van der Waals surface area (Å²) in [4.78, 5) is 47.4. The molecule has 2 aromatic heterocycles. The second-order valence-corrected chi connectivity index (χ2v) is 10.3. The Morgan fingerprint density at radius 3 is 2.50 bits per heavy atom. The number of hydrogen-bond donors (Lipinski definition) is 6. The van der Waals surface area contributed by atoms with Gasteiger partial charge < -0.3 is 35.2 Å². The van der Waals surface area contributed by atoms with E-state index >= 15 is 0 Å². The summed E-state index contributed by atoms with van der Waals surface area (Å²) in [6.07, 6.45) is -0.643. The zero-order valence-corrected chi connectivity index (χ0v) is 17.3. The molecule has 7 N–H and O–H groups in total. The lowest BCUT2D eigenvalue weighted by Crippen LogP contribution is -2.26. The van der Waals surface area contributed by atoms with E-state index in [0.717, 1.165) is 0 Å². The lowest BCUT2D eigenvalue weighted by molar-refractivity contribution is -0.0423. The number of aliphatic hydroxyl groups is 1. The van der Waals surface area contributed by atoms with Crippen LogP contribution in [-0.4, -0.2) is 63.0 Å². The molecule has 2 aromatic rings.